The average Bonchev–Trinajstić information content (AvgIpc) is 1.63. The van der Waals surface area contributed by atoms with Gasteiger partial charge in [-0.15, -0.1) is 0 Å². The summed E-state index contributed by atoms with van der Waals surface area (Å²) in [6.45, 7) is 3.29. The molecule has 0 radical (unpaired) electrons. The molecule has 0 fully saturated rings. The Morgan fingerprint density at radius 2 is 1.70 bits per heavy atom. The Labute approximate surface area is 61.0 Å². The molecule has 0 aromatic heterocycles. The van der Waals surface area contributed by atoms with Crippen molar-refractivity contribution >= 4 is 10.4 Å². The molecule has 6 heteroatoms. The quantitative estimate of drug-likeness (QED) is 0.508. The minimum Gasteiger partial charge on any atom is -0.320 e. The van der Waals surface area contributed by atoms with Gasteiger partial charge >= 0.3 is 10.4 Å². The van der Waals surface area contributed by atoms with E-state index in [1.165, 1.54) is 6.42 Å². The molecule has 0 amide bonds. The zero-order chi connectivity index (χ0) is 8.62. The fourth-order valence-corrected chi connectivity index (χ4v) is 0.250. The van der Waals surface area contributed by atoms with Crippen LogP contribution in [0.5, 0.6) is 0 Å². The van der Waals surface area contributed by atoms with E-state index in [1.54, 1.807) is 0 Å². The van der Waals surface area contributed by atoms with Crippen LogP contribution in [0.15, 0.2) is 0 Å². The standard InChI is InChI=1S/C4H11N.H2O4S/c1-3-4-5-2;1-5(2,3)4/h5H,3-4H2,1-2H3;(H2,1,2,3,4). The van der Waals surface area contributed by atoms with Gasteiger partial charge in [-0.25, -0.2) is 0 Å². The van der Waals surface area contributed by atoms with Gasteiger partial charge in [0.1, 0.15) is 0 Å². The van der Waals surface area contributed by atoms with E-state index in [4.69, 9.17) is 17.5 Å². The lowest BCUT2D eigenvalue weighted by Gasteiger charge is -1.84. The topological polar surface area (TPSA) is 86.6 Å². The summed E-state index contributed by atoms with van der Waals surface area (Å²) in [5.41, 5.74) is 0. The van der Waals surface area contributed by atoms with Gasteiger partial charge in [-0.05, 0) is 20.0 Å². The van der Waals surface area contributed by atoms with E-state index in [0.717, 1.165) is 6.54 Å². The van der Waals surface area contributed by atoms with E-state index in [0.29, 0.717) is 0 Å². The van der Waals surface area contributed by atoms with Crippen LogP contribution < -0.4 is 5.32 Å². The average molecular weight is 171 g/mol. The van der Waals surface area contributed by atoms with Crippen molar-refractivity contribution < 1.29 is 17.5 Å². The maximum atomic E-state index is 8.74. The molecule has 0 aromatic carbocycles. The Bertz CT molecular complexity index is 131. The predicted octanol–water partition coefficient (Wildman–Crippen LogP) is -0.0370. The van der Waals surface area contributed by atoms with Crippen LogP contribution in [-0.2, 0) is 10.4 Å². The zero-order valence-corrected chi connectivity index (χ0v) is 6.85. The first kappa shape index (κ1) is 12.5. The third-order valence-corrected chi connectivity index (χ3v) is 0.500. The molecule has 0 aromatic rings. The minimum absolute atomic E-state index is 1.14. The summed E-state index contributed by atoms with van der Waals surface area (Å²) in [7, 11) is -2.70. The van der Waals surface area contributed by atoms with E-state index in [2.05, 4.69) is 12.2 Å². The second-order valence-corrected chi connectivity index (χ2v) is 2.45. The van der Waals surface area contributed by atoms with Crippen molar-refractivity contribution in [1.82, 2.24) is 5.32 Å². The lowest BCUT2D eigenvalue weighted by atomic mass is 10.5. The van der Waals surface area contributed by atoms with Crippen LogP contribution in [0.4, 0.5) is 0 Å². The third-order valence-electron chi connectivity index (χ3n) is 0.500. The number of nitrogens with one attached hydrogen (secondary N) is 1. The van der Waals surface area contributed by atoms with Crippen molar-refractivity contribution in [2.75, 3.05) is 13.6 Å². The number of hydrogen-bond acceptors (Lipinski definition) is 3. The first-order chi connectivity index (χ1) is 4.41. The van der Waals surface area contributed by atoms with Gasteiger partial charge < -0.3 is 5.32 Å². The van der Waals surface area contributed by atoms with E-state index in [1.807, 2.05) is 7.05 Å². The highest BCUT2D eigenvalue weighted by molar-refractivity contribution is 7.79. The number of hydrogen-bond donors (Lipinski definition) is 3. The van der Waals surface area contributed by atoms with Crippen LogP contribution in [0.3, 0.4) is 0 Å². The summed E-state index contributed by atoms with van der Waals surface area (Å²) in [5, 5.41) is 3.02. The fourth-order valence-electron chi connectivity index (χ4n) is 0.250. The molecule has 0 aliphatic carbocycles. The molecule has 0 aliphatic heterocycles. The van der Waals surface area contributed by atoms with Gasteiger partial charge in [-0.1, -0.05) is 6.92 Å². The van der Waals surface area contributed by atoms with Crippen LogP contribution in [0, 0.1) is 0 Å². The van der Waals surface area contributed by atoms with Crippen molar-refractivity contribution in [3.63, 3.8) is 0 Å². The molecule has 0 saturated heterocycles. The first-order valence-corrected chi connectivity index (χ1v) is 4.16. The van der Waals surface area contributed by atoms with Crippen molar-refractivity contribution in [2.45, 2.75) is 13.3 Å². The summed E-state index contributed by atoms with van der Waals surface area (Å²) >= 11 is 0. The highest BCUT2D eigenvalue weighted by atomic mass is 32.3. The SMILES string of the molecule is CCCNC.O=S(=O)(O)O. The van der Waals surface area contributed by atoms with Crippen molar-refractivity contribution in [2.24, 2.45) is 0 Å². The normalized spacial score (nSPS) is 10.0. The summed E-state index contributed by atoms with van der Waals surface area (Å²) in [4.78, 5) is 0. The maximum Gasteiger partial charge on any atom is 0.394 e. The molecule has 64 valence electrons. The molecule has 10 heavy (non-hydrogen) atoms. The maximum absolute atomic E-state index is 8.74. The molecular formula is C4H13NO4S. The lowest BCUT2D eigenvalue weighted by molar-refractivity contribution is 0.381. The molecule has 3 N–H and O–H groups in total. The van der Waals surface area contributed by atoms with E-state index >= 15 is 0 Å². The highest BCUT2D eigenvalue weighted by Gasteiger charge is 1.84. The Balaban J connectivity index is 0. The molecule has 0 atom stereocenters. The van der Waals surface area contributed by atoms with Gasteiger partial charge in [0.2, 0.25) is 0 Å². The molecule has 0 saturated carbocycles. The predicted molar refractivity (Wildman–Crippen MR) is 38.4 cm³/mol. The van der Waals surface area contributed by atoms with Crippen LogP contribution in [0.1, 0.15) is 13.3 Å². The molecule has 5 nitrogen and oxygen atoms in total. The monoisotopic (exact) mass is 171 g/mol. The van der Waals surface area contributed by atoms with Crippen molar-refractivity contribution in [3.8, 4) is 0 Å². The molecule has 0 rings (SSSR count). The van der Waals surface area contributed by atoms with Crippen LogP contribution in [-0.4, -0.2) is 31.1 Å². The van der Waals surface area contributed by atoms with E-state index in [-0.39, 0.29) is 0 Å². The molecule has 0 bridgehead atoms. The molecular weight excluding hydrogens is 158 g/mol. The highest BCUT2D eigenvalue weighted by Crippen LogP contribution is 1.62. The zero-order valence-electron chi connectivity index (χ0n) is 6.03. The molecule has 0 unspecified atom stereocenters. The Morgan fingerprint density at radius 3 is 1.70 bits per heavy atom. The largest absolute Gasteiger partial charge is 0.394 e. The van der Waals surface area contributed by atoms with Gasteiger partial charge in [0, 0.05) is 0 Å². The molecule has 0 aliphatic rings. The van der Waals surface area contributed by atoms with Crippen LogP contribution in [0.25, 0.3) is 0 Å². The third kappa shape index (κ3) is 109. The molecule has 0 heterocycles. The Kier molecular flexibility index (Phi) is 8.68. The van der Waals surface area contributed by atoms with Gasteiger partial charge in [0.15, 0.2) is 0 Å². The Morgan fingerprint density at radius 1 is 1.40 bits per heavy atom. The van der Waals surface area contributed by atoms with Crippen molar-refractivity contribution in [1.29, 1.82) is 0 Å². The van der Waals surface area contributed by atoms with Gasteiger partial charge in [0.05, 0.1) is 0 Å². The number of rotatable bonds is 2. The lowest BCUT2D eigenvalue weighted by Crippen LogP contribution is -2.04. The van der Waals surface area contributed by atoms with E-state index < -0.39 is 10.4 Å². The van der Waals surface area contributed by atoms with Gasteiger partial charge in [-0.3, -0.25) is 9.11 Å². The van der Waals surface area contributed by atoms with Crippen LogP contribution >= 0.6 is 0 Å². The van der Waals surface area contributed by atoms with E-state index in [9.17, 15) is 0 Å². The Hall–Kier alpha value is -0.170. The summed E-state index contributed by atoms with van der Waals surface area (Å²) in [5.74, 6) is 0. The van der Waals surface area contributed by atoms with Gasteiger partial charge in [0.25, 0.3) is 0 Å². The summed E-state index contributed by atoms with van der Waals surface area (Å²) in [6, 6.07) is 0. The van der Waals surface area contributed by atoms with Gasteiger partial charge in [-0.2, -0.15) is 8.42 Å². The molecule has 0 spiro atoms. The second-order valence-electron chi connectivity index (χ2n) is 1.55. The fraction of sp³-hybridized carbons (Fsp3) is 1.00. The first-order valence-electron chi connectivity index (χ1n) is 2.76. The second kappa shape index (κ2) is 6.94. The van der Waals surface area contributed by atoms with Crippen molar-refractivity contribution in [3.05, 3.63) is 0 Å². The minimum atomic E-state index is -4.67. The van der Waals surface area contributed by atoms with Crippen LogP contribution in [0.2, 0.25) is 0 Å². The summed E-state index contributed by atoms with van der Waals surface area (Å²) < 4.78 is 31.6. The summed E-state index contributed by atoms with van der Waals surface area (Å²) in [6.07, 6.45) is 1.23. The smallest absolute Gasteiger partial charge is 0.320 e.